The van der Waals surface area contributed by atoms with E-state index in [1.165, 1.54) is 11.8 Å². The van der Waals surface area contributed by atoms with Gasteiger partial charge in [0.1, 0.15) is 5.82 Å². The molecule has 0 bridgehead atoms. The lowest BCUT2D eigenvalue weighted by Crippen LogP contribution is -2.15. The summed E-state index contributed by atoms with van der Waals surface area (Å²) in [5, 5.41) is 5.97. The Kier molecular flexibility index (Phi) is 6.83. The van der Waals surface area contributed by atoms with E-state index < -0.39 is 0 Å². The van der Waals surface area contributed by atoms with Crippen LogP contribution in [0.25, 0.3) is 0 Å². The second kappa shape index (κ2) is 9.52. The van der Waals surface area contributed by atoms with Crippen molar-refractivity contribution in [2.75, 3.05) is 22.1 Å². The molecule has 0 aliphatic rings. The quantitative estimate of drug-likeness (QED) is 0.488. The van der Waals surface area contributed by atoms with Crippen molar-refractivity contribution in [3.05, 3.63) is 64.4 Å². The molecule has 4 N–H and O–H groups in total. The minimum Gasteiger partial charge on any atom is -0.368 e. The van der Waals surface area contributed by atoms with E-state index in [9.17, 15) is 4.79 Å². The number of rotatable bonds is 7. The van der Waals surface area contributed by atoms with E-state index in [1.54, 1.807) is 0 Å². The third kappa shape index (κ3) is 5.93. The van der Waals surface area contributed by atoms with Gasteiger partial charge in [-0.1, -0.05) is 24.3 Å². The summed E-state index contributed by atoms with van der Waals surface area (Å²) < 4.78 is 0.854. The first-order valence-electron chi connectivity index (χ1n) is 8.46. The van der Waals surface area contributed by atoms with Crippen LogP contribution < -0.4 is 16.4 Å². The number of benzene rings is 2. The molecule has 7 nitrogen and oxygen atoms in total. The monoisotopic (exact) mass is 458 g/mol. The van der Waals surface area contributed by atoms with E-state index in [2.05, 4.69) is 41.5 Å². The number of para-hydroxylation sites is 1. The van der Waals surface area contributed by atoms with Crippen LogP contribution in [0, 0.1) is 6.92 Å². The summed E-state index contributed by atoms with van der Waals surface area (Å²) >= 11 is 4.86. The molecular formula is C19H19BrN6OS. The predicted octanol–water partition coefficient (Wildman–Crippen LogP) is 4.14. The Morgan fingerprint density at radius 2 is 1.93 bits per heavy atom. The van der Waals surface area contributed by atoms with E-state index in [1.807, 2.05) is 55.5 Å². The molecular weight excluding hydrogens is 440 g/mol. The van der Waals surface area contributed by atoms with Crippen LogP contribution in [0.5, 0.6) is 0 Å². The molecule has 144 valence electrons. The number of amides is 1. The van der Waals surface area contributed by atoms with Crippen molar-refractivity contribution < 1.29 is 4.79 Å². The molecule has 0 radical (unpaired) electrons. The van der Waals surface area contributed by atoms with Gasteiger partial charge in [0.2, 0.25) is 17.8 Å². The van der Waals surface area contributed by atoms with E-state index in [4.69, 9.17) is 5.73 Å². The van der Waals surface area contributed by atoms with Gasteiger partial charge >= 0.3 is 0 Å². The average molecular weight is 459 g/mol. The van der Waals surface area contributed by atoms with Crippen molar-refractivity contribution in [1.29, 1.82) is 0 Å². The molecule has 1 aromatic heterocycles. The standard InChI is InChI=1S/C19H19BrN6OS/c1-12-7-8-15(14(20)9-12)23-17(27)11-28-10-16-24-18(21)26-19(25-16)22-13-5-3-2-4-6-13/h2-9H,10-11H2,1H3,(H,23,27)(H3,21,22,24,25,26). The van der Waals surface area contributed by atoms with E-state index in [0.29, 0.717) is 17.5 Å². The molecule has 0 atom stereocenters. The first-order chi connectivity index (χ1) is 13.5. The van der Waals surface area contributed by atoms with Crippen molar-refractivity contribution in [3.8, 4) is 0 Å². The van der Waals surface area contributed by atoms with Crippen molar-refractivity contribution >= 4 is 56.9 Å². The Hall–Kier alpha value is -2.65. The fraction of sp³-hybridized carbons (Fsp3) is 0.158. The Bertz CT molecular complexity index is 970. The number of thioether (sulfide) groups is 1. The number of nitrogens with zero attached hydrogens (tertiary/aromatic N) is 3. The SMILES string of the molecule is Cc1ccc(NC(=O)CSCc2nc(N)nc(Nc3ccccc3)n2)c(Br)c1. The number of nitrogens with one attached hydrogen (secondary N) is 2. The van der Waals surface area contributed by atoms with Crippen molar-refractivity contribution in [1.82, 2.24) is 15.0 Å². The Morgan fingerprint density at radius 1 is 1.14 bits per heavy atom. The van der Waals surface area contributed by atoms with E-state index in [0.717, 1.165) is 21.4 Å². The molecule has 0 fully saturated rings. The number of aromatic nitrogens is 3. The van der Waals surface area contributed by atoms with E-state index >= 15 is 0 Å². The van der Waals surface area contributed by atoms with E-state index in [-0.39, 0.29) is 17.6 Å². The highest BCUT2D eigenvalue weighted by atomic mass is 79.9. The number of anilines is 4. The third-order valence-corrected chi connectivity index (χ3v) is 5.18. The maximum Gasteiger partial charge on any atom is 0.234 e. The van der Waals surface area contributed by atoms with Crippen LogP contribution in [-0.2, 0) is 10.5 Å². The third-order valence-electron chi connectivity index (χ3n) is 3.59. The average Bonchev–Trinajstić information content (AvgIpc) is 2.64. The van der Waals surface area contributed by atoms with Gasteiger partial charge in [-0.15, -0.1) is 11.8 Å². The fourth-order valence-electron chi connectivity index (χ4n) is 2.35. The summed E-state index contributed by atoms with van der Waals surface area (Å²) in [4.78, 5) is 24.8. The van der Waals surface area contributed by atoms with Crippen LogP contribution in [-0.4, -0.2) is 26.6 Å². The summed E-state index contributed by atoms with van der Waals surface area (Å²) in [5.41, 5.74) is 8.50. The van der Waals surface area contributed by atoms with Crippen molar-refractivity contribution in [3.63, 3.8) is 0 Å². The number of carbonyl (C=O) groups is 1. The van der Waals surface area contributed by atoms with Gasteiger partial charge in [0.25, 0.3) is 0 Å². The molecule has 9 heteroatoms. The molecule has 2 aromatic carbocycles. The Labute approximate surface area is 175 Å². The minimum absolute atomic E-state index is 0.0979. The first kappa shape index (κ1) is 20.1. The predicted molar refractivity (Wildman–Crippen MR) is 118 cm³/mol. The van der Waals surface area contributed by atoms with Gasteiger partial charge < -0.3 is 16.4 Å². The van der Waals surface area contributed by atoms with Crippen molar-refractivity contribution in [2.45, 2.75) is 12.7 Å². The molecule has 1 amide bonds. The van der Waals surface area contributed by atoms with Crippen LogP contribution in [0.2, 0.25) is 0 Å². The largest absolute Gasteiger partial charge is 0.368 e. The van der Waals surface area contributed by atoms with Crippen LogP contribution in [0.1, 0.15) is 11.4 Å². The minimum atomic E-state index is -0.0979. The molecule has 0 saturated heterocycles. The number of halogens is 1. The Balaban J connectivity index is 1.54. The van der Waals surface area contributed by atoms with Gasteiger partial charge in [-0.05, 0) is 52.7 Å². The van der Waals surface area contributed by atoms with Gasteiger partial charge in [-0.25, -0.2) is 0 Å². The highest BCUT2D eigenvalue weighted by Gasteiger charge is 2.09. The maximum absolute atomic E-state index is 12.2. The zero-order valence-corrected chi connectivity index (χ0v) is 17.5. The zero-order chi connectivity index (χ0) is 19.9. The first-order valence-corrected chi connectivity index (χ1v) is 10.4. The summed E-state index contributed by atoms with van der Waals surface area (Å²) in [6, 6.07) is 15.3. The van der Waals surface area contributed by atoms with Crippen LogP contribution in [0.4, 0.5) is 23.3 Å². The molecule has 0 spiro atoms. The number of hydrogen-bond acceptors (Lipinski definition) is 7. The fourth-order valence-corrected chi connectivity index (χ4v) is 3.62. The molecule has 1 heterocycles. The summed E-state index contributed by atoms with van der Waals surface area (Å²) in [7, 11) is 0. The van der Waals surface area contributed by atoms with Gasteiger partial charge in [-0.2, -0.15) is 15.0 Å². The summed E-state index contributed by atoms with van der Waals surface area (Å²) in [6.45, 7) is 1.99. The highest BCUT2D eigenvalue weighted by molar-refractivity contribution is 9.10. The second-order valence-corrected chi connectivity index (χ2v) is 7.79. The zero-order valence-electron chi connectivity index (χ0n) is 15.1. The van der Waals surface area contributed by atoms with Crippen LogP contribution in [0.15, 0.2) is 53.0 Å². The molecule has 3 rings (SSSR count). The maximum atomic E-state index is 12.2. The van der Waals surface area contributed by atoms with Crippen molar-refractivity contribution in [2.24, 2.45) is 0 Å². The van der Waals surface area contributed by atoms with Gasteiger partial charge in [0, 0.05) is 10.2 Å². The number of hydrogen-bond donors (Lipinski definition) is 3. The Morgan fingerprint density at radius 3 is 2.68 bits per heavy atom. The van der Waals surface area contributed by atoms with Gasteiger partial charge in [0.15, 0.2) is 0 Å². The molecule has 3 aromatic rings. The lowest BCUT2D eigenvalue weighted by molar-refractivity contribution is -0.113. The van der Waals surface area contributed by atoms with Crippen LogP contribution >= 0.6 is 27.7 Å². The molecule has 28 heavy (non-hydrogen) atoms. The summed E-state index contributed by atoms with van der Waals surface area (Å²) in [5.74, 6) is 1.64. The molecule has 0 saturated carbocycles. The molecule has 0 unspecified atom stereocenters. The number of nitrogens with two attached hydrogens (primary N) is 1. The van der Waals surface area contributed by atoms with Gasteiger partial charge in [0.05, 0.1) is 17.2 Å². The smallest absolute Gasteiger partial charge is 0.234 e. The topological polar surface area (TPSA) is 106 Å². The number of aryl methyl sites for hydroxylation is 1. The lowest BCUT2D eigenvalue weighted by atomic mass is 10.2. The van der Waals surface area contributed by atoms with Crippen LogP contribution in [0.3, 0.4) is 0 Å². The lowest BCUT2D eigenvalue weighted by Gasteiger charge is -2.09. The van der Waals surface area contributed by atoms with Gasteiger partial charge in [-0.3, -0.25) is 4.79 Å². The normalized spacial score (nSPS) is 10.5. The molecule has 0 aliphatic carbocycles. The second-order valence-electron chi connectivity index (χ2n) is 5.95. The number of nitrogen functional groups attached to an aromatic ring is 1. The highest BCUT2D eigenvalue weighted by Crippen LogP contribution is 2.23. The summed E-state index contributed by atoms with van der Waals surface area (Å²) in [6.07, 6.45) is 0. The molecule has 0 aliphatic heterocycles. The number of carbonyl (C=O) groups excluding carboxylic acids is 1.